The van der Waals surface area contributed by atoms with E-state index < -0.39 is 6.67 Å². The number of hydrogen-bond donors (Lipinski definition) is 1. The summed E-state index contributed by atoms with van der Waals surface area (Å²) in [5, 5.41) is 12.0. The SMILES string of the molecule is CCCn1nc(C)cc1CNc1c(C)cnn1CCF.Cl. The van der Waals surface area contributed by atoms with Crippen LogP contribution in [0.25, 0.3) is 0 Å². The minimum absolute atomic E-state index is 0. The Kier molecular flexibility index (Phi) is 6.68. The topological polar surface area (TPSA) is 47.7 Å². The maximum absolute atomic E-state index is 12.5. The smallest absolute Gasteiger partial charge is 0.127 e. The molecule has 0 aliphatic carbocycles. The van der Waals surface area contributed by atoms with Gasteiger partial charge in [0.2, 0.25) is 0 Å². The third-order valence-electron chi connectivity index (χ3n) is 3.18. The predicted molar refractivity (Wildman–Crippen MR) is 84.8 cm³/mol. The molecule has 21 heavy (non-hydrogen) atoms. The van der Waals surface area contributed by atoms with E-state index in [0.717, 1.165) is 35.7 Å². The van der Waals surface area contributed by atoms with Crippen molar-refractivity contribution in [3.05, 3.63) is 29.2 Å². The van der Waals surface area contributed by atoms with E-state index in [1.54, 1.807) is 10.9 Å². The van der Waals surface area contributed by atoms with Crippen molar-refractivity contribution in [2.45, 2.75) is 46.8 Å². The second-order valence-electron chi connectivity index (χ2n) is 4.94. The van der Waals surface area contributed by atoms with Gasteiger partial charge in [-0.05, 0) is 26.3 Å². The average molecular weight is 316 g/mol. The first-order chi connectivity index (χ1) is 9.65. The van der Waals surface area contributed by atoms with Crippen LogP contribution in [0.5, 0.6) is 0 Å². The molecule has 0 fully saturated rings. The Morgan fingerprint density at radius 3 is 2.67 bits per heavy atom. The molecular formula is C14H23ClFN5. The van der Waals surface area contributed by atoms with E-state index in [9.17, 15) is 4.39 Å². The van der Waals surface area contributed by atoms with Crippen molar-refractivity contribution in [2.75, 3.05) is 12.0 Å². The van der Waals surface area contributed by atoms with Gasteiger partial charge in [-0.15, -0.1) is 12.4 Å². The van der Waals surface area contributed by atoms with E-state index in [0.29, 0.717) is 6.54 Å². The van der Waals surface area contributed by atoms with Crippen molar-refractivity contribution >= 4 is 18.2 Å². The molecule has 0 unspecified atom stereocenters. The summed E-state index contributed by atoms with van der Waals surface area (Å²) < 4.78 is 16.2. The zero-order valence-electron chi connectivity index (χ0n) is 12.8. The van der Waals surface area contributed by atoms with Crippen LogP contribution in [0.4, 0.5) is 10.2 Å². The lowest BCUT2D eigenvalue weighted by Crippen LogP contribution is -2.13. The van der Waals surface area contributed by atoms with Gasteiger partial charge in [0.05, 0.1) is 30.7 Å². The van der Waals surface area contributed by atoms with Crippen molar-refractivity contribution in [1.82, 2.24) is 19.6 Å². The minimum atomic E-state index is -0.414. The molecule has 0 spiro atoms. The molecule has 2 aromatic rings. The second kappa shape index (κ2) is 8.02. The number of aromatic nitrogens is 4. The number of halogens is 2. The molecule has 0 amide bonds. The van der Waals surface area contributed by atoms with Crippen molar-refractivity contribution < 1.29 is 4.39 Å². The fourth-order valence-electron chi connectivity index (χ4n) is 2.28. The fourth-order valence-corrected chi connectivity index (χ4v) is 2.28. The lowest BCUT2D eigenvalue weighted by Gasteiger charge is -2.11. The van der Waals surface area contributed by atoms with Gasteiger partial charge in [-0.3, -0.25) is 4.68 Å². The molecule has 2 rings (SSSR count). The first-order valence-corrected chi connectivity index (χ1v) is 7.01. The molecule has 0 radical (unpaired) electrons. The number of rotatable bonds is 7. The summed E-state index contributed by atoms with van der Waals surface area (Å²) >= 11 is 0. The van der Waals surface area contributed by atoms with Crippen molar-refractivity contribution in [2.24, 2.45) is 0 Å². The van der Waals surface area contributed by atoms with E-state index in [2.05, 4.69) is 28.5 Å². The fraction of sp³-hybridized carbons (Fsp3) is 0.571. The number of alkyl halides is 1. The standard InChI is InChI=1S/C14H22FN5.ClH/c1-4-6-19-13(8-12(3)18-19)10-16-14-11(2)9-17-20(14)7-5-15;/h8-9,16H,4-7,10H2,1-3H3;1H. The van der Waals surface area contributed by atoms with Gasteiger partial charge < -0.3 is 5.32 Å². The van der Waals surface area contributed by atoms with Crippen molar-refractivity contribution in [3.63, 3.8) is 0 Å². The first-order valence-electron chi connectivity index (χ1n) is 7.01. The maximum Gasteiger partial charge on any atom is 0.127 e. The molecule has 7 heteroatoms. The molecule has 0 bridgehead atoms. The predicted octanol–water partition coefficient (Wildman–Crippen LogP) is 3.11. The van der Waals surface area contributed by atoms with Gasteiger partial charge in [-0.25, -0.2) is 9.07 Å². The Hall–Kier alpha value is -1.56. The van der Waals surface area contributed by atoms with Crippen LogP contribution in [0.2, 0.25) is 0 Å². The zero-order chi connectivity index (χ0) is 14.5. The monoisotopic (exact) mass is 315 g/mol. The molecule has 0 atom stereocenters. The van der Waals surface area contributed by atoms with Crippen molar-refractivity contribution in [1.29, 1.82) is 0 Å². The molecule has 0 aromatic carbocycles. The normalized spacial score (nSPS) is 10.5. The summed E-state index contributed by atoms with van der Waals surface area (Å²) in [4.78, 5) is 0. The highest BCUT2D eigenvalue weighted by Gasteiger charge is 2.09. The summed E-state index contributed by atoms with van der Waals surface area (Å²) in [5.74, 6) is 0.879. The number of aryl methyl sites for hydroxylation is 4. The maximum atomic E-state index is 12.5. The molecule has 2 heterocycles. The molecule has 0 saturated heterocycles. The summed E-state index contributed by atoms with van der Waals surface area (Å²) in [5.41, 5.74) is 3.18. The van der Waals surface area contributed by atoms with Crippen molar-refractivity contribution in [3.8, 4) is 0 Å². The Balaban J connectivity index is 0.00000220. The average Bonchev–Trinajstić information content (AvgIpc) is 2.92. The lowest BCUT2D eigenvalue weighted by atomic mass is 10.3. The zero-order valence-corrected chi connectivity index (χ0v) is 13.6. The molecule has 2 aromatic heterocycles. The van der Waals surface area contributed by atoms with Crippen LogP contribution in [0, 0.1) is 13.8 Å². The van der Waals surface area contributed by atoms with E-state index in [4.69, 9.17) is 0 Å². The van der Waals surface area contributed by atoms with Gasteiger partial charge in [0.25, 0.3) is 0 Å². The van der Waals surface area contributed by atoms with Gasteiger partial charge in [-0.2, -0.15) is 10.2 Å². The highest BCUT2D eigenvalue weighted by molar-refractivity contribution is 5.85. The Morgan fingerprint density at radius 1 is 1.24 bits per heavy atom. The molecule has 5 nitrogen and oxygen atoms in total. The molecular weight excluding hydrogens is 293 g/mol. The number of nitrogens with one attached hydrogen (secondary N) is 1. The minimum Gasteiger partial charge on any atom is -0.364 e. The largest absolute Gasteiger partial charge is 0.364 e. The molecule has 118 valence electrons. The van der Waals surface area contributed by atoms with Crippen LogP contribution >= 0.6 is 12.4 Å². The molecule has 0 aliphatic rings. The lowest BCUT2D eigenvalue weighted by molar-refractivity contribution is 0.429. The summed E-state index contributed by atoms with van der Waals surface area (Å²) in [6, 6.07) is 2.08. The van der Waals surface area contributed by atoms with Crippen LogP contribution in [0.15, 0.2) is 12.3 Å². The van der Waals surface area contributed by atoms with Gasteiger partial charge in [0.15, 0.2) is 0 Å². The third kappa shape index (κ3) is 4.20. The third-order valence-corrected chi connectivity index (χ3v) is 3.18. The molecule has 1 N–H and O–H groups in total. The van der Waals surface area contributed by atoms with E-state index in [1.165, 1.54) is 0 Å². The van der Waals surface area contributed by atoms with E-state index >= 15 is 0 Å². The number of anilines is 1. The van der Waals surface area contributed by atoms with E-state index in [-0.39, 0.29) is 19.0 Å². The molecule has 0 saturated carbocycles. The highest BCUT2D eigenvalue weighted by atomic mass is 35.5. The van der Waals surface area contributed by atoms with Crippen LogP contribution in [0.1, 0.15) is 30.3 Å². The van der Waals surface area contributed by atoms with Crippen LogP contribution in [-0.4, -0.2) is 26.2 Å². The number of hydrogen-bond acceptors (Lipinski definition) is 3. The summed E-state index contributed by atoms with van der Waals surface area (Å²) in [6.07, 6.45) is 2.81. The van der Waals surface area contributed by atoms with Crippen LogP contribution < -0.4 is 5.32 Å². The van der Waals surface area contributed by atoms with Crippen LogP contribution in [-0.2, 0) is 19.6 Å². The van der Waals surface area contributed by atoms with Gasteiger partial charge in [-0.1, -0.05) is 6.92 Å². The number of nitrogens with zero attached hydrogens (tertiary/aromatic N) is 4. The Labute approximate surface area is 130 Å². The van der Waals surface area contributed by atoms with Gasteiger partial charge in [0, 0.05) is 12.1 Å². The van der Waals surface area contributed by atoms with E-state index in [1.807, 2.05) is 18.5 Å². The highest BCUT2D eigenvalue weighted by Crippen LogP contribution is 2.16. The Morgan fingerprint density at radius 2 is 2.00 bits per heavy atom. The molecule has 0 aliphatic heterocycles. The Bertz CT molecular complexity index is 564. The van der Waals surface area contributed by atoms with Gasteiger partial charge in [0.1, 0.15) is 12.5 Å². The summed E-state index contributed by atoms with van der Waals surface area (Å²) in [7, 11) is 0. The quantitative estimate of drug-likeness (QED) is 0.854. The summed E-state index contributed by atoms with van der Waals surface area (Å²) in [6.45, 7) is 7.54. The first kappa shape index (κ1) is 17.5. The second-order valence-corrected chi connectivity index (χ2v) is 4.94. The van der Waals surface area contributed by atoms with Gasteiger partial charge >= 0.3 is 0 Å². The van der Waals surface area contributed by atoms with Crippen LogP contribution in [0.3, 0.4) is 0 Å².